The van der Waals surface area contributed by atoms with Crippen LogP contribution in [0.3, 0.4) is 0 Å². The molecule has 0 saturated carbocycles. The van der Waals surface area contributed by atoms with Crippen molar-refractivity contribution in [2.75, 3.05) is 31.5 Å². The first kappa shape index (κ1) is 19.4. The van der Waals surface area contributed by atoms with Gasteiger partial charge in [-0.3, -0.25) is 14.5 Å². The smallest absolute Gasteiger partial charge is 0.246 e. The van der Waals surface area contributed by atoms with E-state index in [1.807, 2.05) is 54.3 Å². The van der Waals surface area contributed by atoms with Gasteiger partial charge in [-0.25, -0.2) is 0 Å². The lowest BCUT2D eigenvalue weighted by molar-refractivity contribution is -0.131. The summed E-state index contributed by atoms with van der Waals surface area (Å²) in [5, 5.41) is 3.62. The van der Waals surface area contributed by atoms with Crippen molar-refractivity contribution >= 4 is 29.1 Å². The van der Waals surface area contributed by atoms with Gasteiger partial charge in [-0.05, 0) is 30.2 Å². The van der Waals surface area contributed by atoms with Gasteiger partial charge in [-0.1, -0.05) is 48.0 Å². The average Bonchev–Trinajstić information content (AvgIpc) is 2.66. The second-order valence-corrected chi connectivity index (χ2v) is 7.22. The molecule has 0 bridgehead atoms. The number of carbonyl (C=O) groups is 2. The van der Waals surface area contributed by atoms with Crippen LogP contribution in [-0.2, 0) is 9.59 Å². The number of rotatable bonds is 4. The number of nitrogens with zero attached hydrogens (tertiary/aromatic N) is 2. The van der Waals surface area contributed by atoms with Crippen LogP contribution in [-0.4, -0.2) is 47.8 Å². The number of aryl methyl sites for hydroxylation is 1. The third-order valence-electron chi connectivity index (χ3n) is 4.93. The van der Waals surface area contributed by atoms with Crippen molar-refractivity contribution in [1.82, 2.24) is 9.80 Å². The first-order chi connectivity index (χ1) is 13.0. The number of carbonyl (C=O) groups excluding carboxylic acids is 2. The predicted octanol–water partition coefficient (Wildman–Crippen LogP) is 3.49. The van der Waals surface area contributed by atoms with Gasteiger partial charge in [-0.15, -0.1) is 0 Å². The molecule has 0 aliphatic carbocycles. The van der Waals surface area contributed by atoms with Gasteiger partial charge >= 0.3 is 0 Å². The molecular weight excluding hydrogens is 362 g/mol. The van der Waals surface area contributed by atoms with Crippen molar-refractivity contribution < 1.29 is 9.59 Å². The summed E-state index contributed by atoms with van der Waals surface area (Å²) < 4.78 is 0. The van der Waals surface area contributed by atoms with Gasteiger partial charge in [0.1, 0.15) is 6.04 Å². The zero-order chi connectivity index (χ0) is 19.4. The Labute approximate surface area is 164 Å². The highest BCUT2D eigenvalue weighted by atomic mass is 35.5. The largest absolute Gasteiger partial charge is 0.340 e. The fourth-order valence-electron chi connectivity index (χ4n) is 3.34. The van der Waals surface area contributed by atoms with Gasteiger partial charge < -0.3 is 10.2 Å². The van der Waals surface area contributed by atoms with E-state index in [-0.39, 0.29) is 11.8 Å². The van der Waals surface area contributed by atoms with Crippen LogP contribution in [0.2, 0.25) is 5.02 Å². The fourth-order valence-corrected chi connectivity index (χ4v) is 3.52. The number of benzene rings is 2. The van der Waals surface area contributed by atoms with Crippen LogP contribution in [0.15, 0.2) is 48.5 Å². The number of nitrogens with one attached hydrogen (secondary N) is 1. The number of amides is 2. The lowest BCUT2D eigenvalue weighted by Crippen LogP contribution is -2.51. The maximum absolute atomic E-state index is 13.1. The first-order valence-electron chi connectivity index (χ1n) is 9.07. The molecule has 1 fully saturated rings. The summed E-state index contributed by atoms with van der Waals surface area (Å²) in [4.78, 5) is 28.7. The van der Waals surface area contributed by atoms with Crippen molar-refractivity contribution in [1.29, 1.82) is 0 Å². The predicted molar refractivity (Wildman–Crippen MR) is 108 cm³/mol. The SMILES string of the molecule is CC(=O)N1CCN([C@H](C(=O)Nc2ccc(C)c(Cl)c2)c2ccccc2)CC1. The van der Waals surface area contributed by atoms with Crippen molar-refractivity contribution in [3.05, 3.63) is 64.7 Å². The van der Waals surface area contributed by atoms with Crippen LogP contribution in [0.25, 0.3) is 0 Å². The quantitative estimate of drug-likeness (QED) is 0.876. The Bertz CT molecular complexity index is 817. The van der Waals surface area contributed by atoms with E-state index in [0.717, 1.165) is 11.1 Å². The van der Waals surface area contributed by atoms with Crippen LogP contribution in [0.4, 0.5) is 5.69 Å². The van der Waals surface area contributed by atoms with E-state index in [1.54, 1.807) is 13.0 Å². The molecule has 0 spiro atoms. The number of halogens is 1. The second-order valence-electron chi connectivity index (χ2n) is 6.81. The molecule has 0 aromatic heterocycles. The third kappa shape index (κ3) is 4.67. The number of anilines is 1. The minimum absolute atomic E-state index is 0.0738. The third-order valence-corrected chi connectivity index (χ3v) is 5.33. The standard InChI is InChI=1S/C21H24ClN3O2/c1-15-8-9-18(14-19(15)22)23-21(27)20(17-6-4-3-5-7-17)25-12-10-24(11-13-25)16(2)26/h3-9,14,20H,10-13H2,1-2H3,(H,23,27)/t20-/m0/s1. The summed E-state index contributed by atoms with van der Waals surface area (Å²) in [6, 6.07) is 14.8. The van der Waals surface area contributed by atoms with Gasteiger partial charge in [0, 0.05) is 43.8 Å². The molecule has 1 aliphatic rings. The van der Waals surface area contributed by atoms with Crippen LogP contribution in [0.1, 0.15) is 24.1 Å². The number of piperazine rings is 1. The lowest BCUT2D eigenvalue weighted by Gasteiger charge is -2.38. The van der Waals surface area contributed by atoms with Crippen molar-refractivity contribution in [2.24, 2.45) is 0 Å². The average molecular weight is 386 g/mol. The van der Waals surface area contributed by atoms with E-state index >= 15 is 0 Å². The van der Waals surface area contributed by atoms with Gasteiger partial charge in [0.15, 0.2) is 0 Å². The van der Waals surface area contributed by atoms with E-state index in [9.17, 15) is 9.59 Å². The van der Waals surface area contributed by atoms with Crippen LogP contribution < -0.4 is 5.32 Å². The summed E-state index contributed by atoms with van der Waals surface area (Å²) in [5.41, 5.74) is 2.58. The molecule has 27 heavy (non-hydrogen) atoms. The van der Waals surface area contributed by atoms with E-state index in [4.69, 9.17) is 11.6 Å². The van der Waals surface area contributed by atoms with Crippen molar-refractivity contribution in [2.45, 2.75) is 19.9 Å². The fraction of sp³-hybridized carbons (Fsp3) is 0.333. The van der Waals surface area contributed by atoms with Crippen LogP contribution in [0, 0.1) is 6.92 Å². The molecule has 2 amide bonds. The Morgan fingerprint density at radius 1 is 1.04 bits per heavy atom. The monoisotopic (exact) mass is 385 g/mol. The van der Waals surface area contributed by atoms with E-state index < -0.39 is 6.04 Å². The molecule has 1 atom stereocenters. The molecule has 2 aromatic carbocycles. The molecule has 1 N–H and O–H groups in total. The highest BCUT2D eigenvalue weighted by Gasteiger charge is 2.31. The van der Waals surface area contributed by atoms with Crippen LogP contribution >= 0.6 is 11.6 Å². The van der Waals surface area contributed by atoms with Crippen molar-refractivity contribution in [3.63, 3.8) is 0 Å². The molecule has 1 aliphatic heterocycles. The molecule has 6 heteroatoms. The Kier molecular flexibility index (Phi) is 6.14. The summed E-state index contributed by atoms with van der Waals surface area (Å²) in [5.74, 6) is -0.0259. The molecule has 142 valence electrons. The molecular formula is C21H24ClN3O2. The number of hydrogen-bond acceptors (Lipinski definition) is 3. The van der Waals surface area contributed by atoms with Gasteiger partial charge in [0.05, 0.1) is 0 Å². The Morgan fingerprint density at radius 3 is 2.30 bits per heavy atom. The van der Waals surface area contributed by atoms with Gasteiger partial charge in [-0.2, -0.15) is 0 Å². The first-order valence-corrected chi connectivity index (χ1v) is 9.45. The highest BCUT2D eigenvalue weighted by Crippen LogP contribution is 2.26. The molecule has 0 unspecified atom stereocenters. The highest BCUT2D eigenvalue weighted by molar-refractivity contribution is 6.31. The summed E-state index contributed by atoms with van der Waals surface area (Å²) >= 11 is 6.19. The maximum Gasteiger partial charge on any atom is 0.246 e. The van der Waals surface area contributed by atoms with Crippen LogP contribution in [0.5, 0.6) is 0 Å². The lowest BCUT2D eigenvalue weighted by atomic mass is 10.0. The summed E-state index contributed by atoms with van der Waals surface area (Å²) in [6.07, 6.45) is 0. The molecule has 3 rings (SSSR count). The molecule has 1 saturated heterocycles. The molecule has 2 aromatic rings. The van der Waals surface area contributed by atoms with E-state index in [2.05, 4.69) is 10.2 Å². The minimum atomic E-state index is -0.416. The maximum atomic E-state index is 13.1. The van der Waals surface area contributed by atoms with E-state index in [1.165, 1.54) is 0 Å². The molecule has 1 heterocycles. The zero-order valence-corrected chi connectivity index (χ0v) is 16.4. The summed E-state index contributed by atoms with van der Waals surface area (Å²) in [6.45, 7) is 6.07. The van der Waals surface area contributed by atoms with Gasteiger partial charge in [0.2, 0.25) is 11.8 Å². The Morgan fingerprint density at radius 2 is 1.70 bits per heavy atom. The van der Waals surface area contributed by atoms with E-state index in [0.29, 0.717) is 36.9 Å². The molecule has 0 radical (unpaired) electrons. The topological polar surface area (TPSA) is 52.7 Å². The zero-order valence-electron chi connectivity index (χ0n) is 15.6. The normalized spacial score (nSPS) is 16.0. The minimum Gasteiger partial charge on any atom is -0.340 e. The summed E-state index contributed by atoms with van der Waals surface area (Å²) in [7, 11) is 0. The van der Waals surface area contributed by atoms with Gasteiger partial charge in [0.25, 0.3) is 0 Å². The van der Waals surface area contributed by atoms with Crippen molar-refractivity contribution in [3.8, 4) is 0 Å². The number of hydrogen-bond donors (Lipinski definition) is 1. The Balaban J connectivity index is 1.81. The Hall–Kier alpha value is -2.37. The second kappa shape index (κ2) is 8.55. The molecule has 5 nitrogen and oxygen atoms in total.